The van der Waals surface area contributed by atoms with Crippen LogP contribution in [0.5, 0.6) is 0 Å². The lowest BCUT2D eigenvalue weighted by Crippen LogP contribution is -2.46. The van der Waals surface area contributed by atoms with Crippen LogP contribution in [-0.4, -0.2) is 20.4 Å². The van der Waals surface area contributed by atoms with Gasteiger partial charge < -0.3 is 9.73 Å². The summed E-state index contributed by atoms with van der Waals surface area (Å²) in [7, 11) is -3.51. The summed E-state index contributed by atoms with van der Waals surface area (Å²) in [4.78, 5) is 13.0. The Morgan fingerprint density at radius 2 is 1.86 bits per heavy atom. The second-order valence-electron chi connectivity index (χ2n) is 8.97. The fourth-order valence-corrected chi connectivity index (χ4v) is 6.40. The van der Waals surface area contributed by atoms with Gasteiger partial charge in [-0.25, -0.2) is 8.42 Å². The van der Waals surface area contributed by atoms with E-state index in [9.17, 15) is 13.2 Å². The van der Waals surface area contributed by atoms with Crippen LogP contribution in [0.1, 0.15) is 56.3 Å². The molecule has 0 aliphatic heterocycles. The van der Waals surface area contributed by atoms with E-state index >= 15 is 0 Å². The van der Waals surface area contributed by atoms with Gasteiger partial charge in [0, 0.05) is 6.04 Å². The Morgan fingerprint density at radius 3 is 2.46 bits per heavy atom. The molecule has 0 radical (unpaired) electrons. The second-order valence-corrected chi connectivity index (χ2v) is 11.0. The molecule has 150 valence electrons. The number of hydrogen-bond acceptors (Lipinski definition) is 4. The van der Waals surface area contributed by atoms with Gasteiger partial charge in [-0.05, 0) is 60.3 Å². The number of amides is 1. The first-order chi connectivity index (χ1) is 13.1. The molecule has 0 unspecified atom stereocenters. The van der Waals surface area contributed by atoms with Crippen molar-refractivity contribution in [2.24, 2.45) is 16.7 Å². The first kappa shape index (κ1) is 19.2. The van der Waals surface area contributed by atoms with Gasteiger partial charge in [-0.1, -0.05) is 39.0 Å². The SMILES string of the molecule is CC1(C)[C@H]2CC[C@]1(C)[C@@H](NC(=O)c1ccc(CS(=O)(=O)c3ccccc3)o1)C2. The minimum Gasteiger partial charge on any atom is -0.455 e. The van der Waals surface area contributed by atoms with Gasteiger partial charge in [0.25, 0.3) is 5.91 Å². The fourth-order valence-electron chi connectivity index (χ4n) is 5.13. The summed E-state index contributed by atoms with van der Waals surface area (Å²) in [5.41, 5.74) is 0.294. The van der Waals surface area contributed by atoms with E-state index in [-0.39, 0.29) is 44.9 Å². The molecule has 0 spiro atoms. The summed E-state index contributed by atoms with van der Waals surface area (Å²) < 4.78 is 30.6. The molecule has 28 heavy (non-hydrogen) atoms. The lowest BCUT2D eigenvalue weighted by Gasteiger charge is -2.39. The minimum absolute atomic E-state index is 0.0827. The molecule has 6 heteroatoms. The molecule has 1 amide bonds. The normalized spacial score (nSPS) is 28.4. The highest BCUT2D eigenvalue weighted by Crippen LogP contribution is 2.65. The van der Waals surface area contributed by atoms with Crippen molar-refractivity contribution < 1.29 is 17.6 Å². The van der Waals surface area contributed by atoms with Gasteiger partial charge in [-0.2, -0.15) is 0 Å². The maximum absolute atomic E-state index is 12.7. The van der Waals surface area contributed by atoms with Gasteiger partial charge in [0.05, 0.1) is 4.90 Å². The van der Waals surface area contributed by atoms with Crippen molar-refractivity contribution >= 4 is 15.7 Å². The lowest BCUT2D eigenvalue weighted by atomic mass is 9.69. The Kier molecular flexibility index (Phi) is 4.45. The molecule has 2 aliphatic rings. The van der Waals surface area contributed by atoms with E-state index in [2.05, 4.69) is 26.1 Å². The van der Waals surface area contributed by atoms with E-state index in [1.807, 2.05) is 0 Å². The average Bonchev–Trinajstić information content (AvgIpc) is 3.25. The Bertz CT molecular complexity index is 993. The van der Waals surface area contributed by atoms with Gasteiger partial charge >= 0.3 is 0 Å². The third-order valence-corrected chi connectivity index (χ3v) is 9.07. The van der Waals surface area contributed by atoms with Crippen LogP contribution < -0.4 is 5.32 Å². The van der Waals surface area contributed by atoms with E-state index in [1.165, 1.54) is 6.42 Å². The maximum atomic E-state index is 12.7. The molecular formula is C22H27NO4S. The molecule has 2 aliphatic carbocycles. The number of sulfone groups is 1. The topological polar surface area (TPSA) is 76.4 Å². The number of carbonyl (C=O) groups excluding carboxylic acids is 1. The predicted molar refractivity (Wildman–Crippen MR) is 107 cm³/mol. The Morgan fingerprint density at radius 1 is 1.14 bits per heavy atom. The van der Waals surface area contributed by atoms with Crippen molar-refractivity contribution in [1.29, 1.82) is 0 Å². The molecular weight excluding hydrogens is 374 g/mol. The Hall–Kier alpha value is -2.08. The molecule has 0 saturated heterocycles. The molecule has 5 nitrogen and oxygen atoms in total. The number of rotatable bonds is 5. The summed E-state index contributed by atoms with van der Waals surface area (Å²) in [6.45, 7) is 6.87. The fraction of sp³-hybridized carbons (Fsp3) is 0.500. The molecule has 1 heterocycles. The van der Waals surface area contributed by atoms with Gasteiger partial charge in [0.1, 0.15) is 11.5 Å². The van der Waals surface area contributed by atoms with E-state index in [1.54, 1.807) is 42.5 Å². The second kappa shape index (κ2) is 6.48. The van der Waals surface area contributed by atoms with Crippen molar-refractivity contribution in [3.05, 3.63) is 54.0 Å². The van der Waals surface area contributed by atoms with Crippen molar-refractivity contribution in [3.63, 3.8) is 0 Å². The van der Waals surface area contributed by atoms with E-state index < -0.39 is 9.84 Å². The molecule has 2 fully saturated rings. The van der Waals surface area contributed by atoms with Crippen LogP contribution in [0, 0.1) is 16.7 Å². The van der Waals surface area contributed by atoms with Crippen molar-refractivity contribution in [2.45, 2.75) is 56.7 Å². The van der Waals surface area contributed by atoms with Gasteiger partial charge in [-0.15, -0.1) is 0 Å². The predicted octanol–water partition coefficient (Wildman–Crippen LogP) is 4.20. The number of fused-ring (bicyclic) bond motifs is 2. The molecule has 1 aromatic carbocycles. The third-order valence-electron chi connectivity index (χ3n) is 7.42. The zero-order chi connectivity index (χ0) is 20.2. The maximum Gasteiger partial charge on any atom is 0.287 e. The van der Waals surface area contributed by atoms with Crippen LogP contribution in [0.2, 0.25) is 0 Å². The Labute approximate surface area is 166 Å². The van der Waals surface area contributed by atoms with Crippen LogP contribution in [0.3, 0.4) is 0 Å². The molecule has 4 rings (SSSR count). The zero-order valence-electron chi connectivity index (χ0n) is 16.6. The smallest absolute Gasteiger partial charge is 0.287 e. The summed E-state index contributed by atoms with van der Waals surface area (Å²) in [5.74, 6) is 0.542. The standard InChI is InChI=1S/C22H27NO4S/c1-21(2)15-11-12-22(21,3)19(13-15)23-20(24)18-10-9-16(27-18)14-28(25,26)17-7-5-4-6-8-17/h4-10,15,19H,11-14H2,1-3H3,(H,23,24)/t15-,19-,22+/m0/s1. The first-order valence-corrected chi connectivity index (χ1v) is 11.5. The van der Waals surface area contributed by atoms with Crippen molar-refractivity contribution in [3.8, 4) is 0 Å². The van der Waals surface area contributed by atoms with Crippen LogP contribution >= 0.6 is 0 Å². The van der Waals surface area contributed by atoms with Crippen molar-refractivity contribution in [1.82, 2.24) is 5.32 Å². The average molecular weight is 402 g/mol. The van der Waals surface area contributed by atoms with E-state index in [4.69, 9.17) is 4.42 Å². The van der Waals surface area contributed by atoms with E-state index in [0.717, 1.165) is 12.8 Å². The van der Waals surface area contributed by atoms with Crippen LogP contribution in [0.4, 0.5) is 0 Å². The number of benzene rings is 1. The summed E-state index contributed by atoms with van der Waals surface area (Å²) in [5, 5.41) is 3.15. The lowest BCUT2D eigenvalue weighted by molar-refractivity contribution is 0.0799. The summed E-state index contributed by atoms with van der Waals surface area (Å²) in [6, 6.07) is 11.5. The summed E-state index contributed by atoms with van der Waals surface area (Å²) in [6.07, 6.45) is 3.33. The van der Waals surface area contributed by atoms with E-state index in [0.29, 0.717) is 5.92 Å². The minimum atomic E-state index is -3.51. The highest BCUT2D eigenvalue weighted by atomic mass is 32.2. The highest BCUT2D eigenvalue weighted by molar-refractivity contribution is 7.90. The number of nitrogens with one attached hydrogen (secondary N) is 1. The zero-order valence-corrected chi connectivity index (χ0v) is 17.4. The van der Waals surface area contributed by atoms with Gasteiger partial charge in [0.2, 0.25) is 0 Å². The number of carbonyl (C=O) groups is 1. The molecule has 2 aromatic rings. The first-order valence-electron chi connectivity index (χ1n) is 9.81. The largest absolute Gasteiger partial charge is 0.455 e. The number of hydrogen-bond donors (Lipinski definition) is 1. The summed E-state index contributed by atoms with van der Waals surface area (Å²) >= 11 is 0. The Balaban J connectivity index is 1.46. The van der Waals surface area contributed by atoms with Crippen molar-refractivity contribution in [2.75, 3.05) is 0 Å². The third kappa shape index (κ3) is 2.98. The van der Waals surface area contributed by atoms with Crippen LogP contribution in [-0.2, 0) is 15.6 Å². The molecule has 2 saturated carbocycles. The molecule has 1 aromatic heterocycles. The molecule has 2 bridgehead atoms. The van der Waals surface area contributed by atoms with Gasteiger partial charge in [-0.3, -0.25) is 4.79 Å². The number of furan rings is 1. The quantitative estimate of drug-likeness (QED) is 0.815. The van der Waals surface area contributed by atoms with Crippen LogP contribution in [0.15, 0.2) is 51.8 Å². The monoisotopic (exact) mass is 401 g/mol. The van der Waals surface area contributed by atoms with Crippen LogP contribution in [0.25, 0.3) is 0 Å². The molecule has 1 N–H and O–H groups in total. The van der Waals surface area contributed by atoms with Gasteiger partial charge in [0.15, 0.2) is 15.6 Å². The highest BCUT2D eigenvalue weighted by Gasteiger charge is 2.61. The molecule has 3 atom stereocenters.